The predicted octanol–water partition coefficient (Wildman–Crippen LogP) is 4.00. The van der Waals surface area contributed by atoms with Gasteiger partial charge in [-0.2, -0.15) is 0 Å². The Balaban J connectivity index is 2.21. The van der Waals surface area contributed by atoms with Crippen molar-refractivity contribution in [1.82, 2.24) is 4.98 Å². The molecule has 0 spiro atoms. The Bertz CT molecular complexity index is 587. The molecule has 0 bridgehead atoms. The zero-order chi connectivity index (χ0) is 13.1. The number of halogens is 3. The van der Waals surface area contributed by atoms with Crippen molar-refractivity contribution >= 4 is 43.5 Å². The number of aromatic nitrogens is 1. The zero-order valence-electron chi connectivity index (χ0n) is 8.95. The number of carbonyl (C=O) groups excluding carboxylic acids is 1. The Morgan fingerprint density at radius 1 is 1.22 bits per heavy atom. The first kappa shape index (κ1) is 13.2. The number of benzene rings is 1. The minimum atomic E-state index is -0.461. The lowest BCUT2D eigenvalue weighted by atomic mass is 10.2. The molecule has 1 aromatic heterocycles. The Morgan fingerprint density at radius 3 is 2.67 bits per heavy atom. The number of nitrogens with one attached hydrogen (secondary N) is 1. The maximum Gasteiger partial charge on any atom is 0.256 e. The first-order valence-corrected chi connectivity index (χ1v) is 6.53. The number of nitrogens with zero attached hydrogens (tertiary/aromatic N) is 1. The third-order valence-electron chi connectivity index (χ3n) is 2.16. The number of pyridine rings is 1. The van der Waals surface area contributed by atoms with E-state index in [1.54, 1.807) is 12.1 Å². The molecule has 2 rings (SSSR count). The minimum absolute atomic E-state index is 0.234. The van der Waals surface area contributed by atoms with Crippen LogP contribution in [0.2, 0.25) is 0 Å². The highest BCUT2D eigenvalue weighted by atomic mass is 79.9. The van der Waals surface area contributed by atoms with Gasteiger partial charge in [0.2, 0.25) is 0 Å². The minimum Gasteiger partial charge on any atom is -0.321 e. The first-order valence-electron chi connectivity index (χ1n) is 4.94. The summed E-state index contributed by atoms with van der Waals surface area (Å²) in [7, 11) is 0. The summed E-state index contributed by atoms with van der Waals surface area (Å²) >= 11 is 6.40. The van der Waals surface area contributed by atoms with Gasteiger partial charge in [0.05, 0.1) is 17.4 Å². The molecule has 0 unspecified atom stereocenters. The molecule has 0 aliphatic carbocycles. The highest BCUT2D eigenvalue weighted by molar-refractivity contribution is 9.10. The third-order valence-corrected chi connectivity index (χ3v) is 3.32. The summed E-state index contributed by atoms with van der Waals surface area (Å²) in [6.07, 6.45) is 1.51. The van der Waals surface area contributed by atoms with Crippen LogP contribution in [0.1, 0.15) is 10.4 Å². The van der Waals surface area contributed by atoms with Crippen LogP contribution in [0.25, 0.3) is 0 Å². The normalized spacial score (nSPS) is 10.2. The average molecular weight is 374 g/mol. The van der Waals surface area contributed by atoms with Gasteiger partial charge in [-0.1, -0.05) is 0 Å². The van der Waals surface area contributed by atoms with Gasteiger partial charge in [0.25, 0.3) is 5.91 Å². The van der Waals surface area contributed by atoms with Crippen molar-refractivity contribution in [3.8, 4) is 0 Å². The van der Waals surface area contributed by atoms with E-state index in [-0.39, 0.29) is 5.56 Å². The monoisotopic (exact) mass is 372 g/mol. The van der Waals surface area contributed by atoms with Gasteiger partial charge in [0, 0.05) is 4.47 Å². The molecule has 2 aromatic rings. The molecule has 1 N–H and O–H groups in total. The average Bonchev–Trinajstić information content (AvgIpc) is 2.35. The maximum atomic E-state index is 13.1. The van der Waals surface area contributed by atoms with E-state index < -0.39 is 11.7 Å². The van der Waals surface area contributed by atoms with Crippen LogP contribution in [-0.2, 0) is 0 Å². The van der Waals surface area contributed by atoms with Crippen LogP contribution in [-0.4, -0.2) is 10.9 Å². The van der Waals surface area contributed by atoms with Crippen molar-refractivity contribution < 1.29 is 9.18 Å². The number of amides is 1. The van der Waals surface area contributed by atoms with Crippen molar-refractivity contribution in [2.45, 2.75) is 0 Å². The van der Waals surface area contributed by atoms with E-state index in [1.807, 2.05) is 0 Å². The molecule has 92 valence electrons. The third kappa shape index (κ3) is 3.14. The van der Waals surface area contributed by atoms with Gasteiger partial charge < -0.3 is 5.32 Å². The molecule has 0 atom stereocenters. The number of anilines is 1. The summed E-state index contributed by atoms with van der Waals surface area (Å²) < 4.78 is 14.3. The van der Waals surface area contributed by atoms with E-state index in [0.29, 0.717) is 14.8 Å². The van der Waals surface area contributed by atoms with Crippen molar-refractivity contribution in [2.75, 3.05) is 5.32 Å². The number of carbonyl (C=O) groups is 1. The molecular weight excluding hydrogens is 367 g/mol. The molecular formula is C12H7Br2FN2O. The number of hydrogen-bond acceptors (Lipinski definition) is 2. The molecule has 1 heterocycles. The second-order valence-electron chi connectivity index (χ2n) is 3.45. The van der Waals surface area contributed by atoms with E-state index in [1.165, 1.54) is 24.4 Å². The molecule has 0 fully saturated rings. The van der Waals surface area contributed by atoms with Crippen LogP contribution in [0.5, 0.6) is 0 Å². The fraction of sp³-hybridized carbons (Fsp3) is 0. The van der Waals surface area contributed by atoms with Gasteiger partial charge in [-0.25, -0.2) is 9.37 Å². The lowest BCUT2D eigenvalue weighted by molar-refractivity contribution is 0.102. The molecule has 1 amide bonds. The molecule has 18 heavy (non-hydrogen) atoms. The number of rotatable bonds is 2. The van der Waals surface area contributed by atoms with E-state index in [2.05, 4.69) is 42.2 Å². The summed E-state index contributed by atoms with van der Waals surface area (Å²) in [6.45, 7) is 0. The van der Waals surface area contributed by atoms with Crippen LogP contribution in [0, 0.1) is 5.82 Å². The Morgan fingerprint density at radius 2 is 2.00 bits per heavy atom. The van der Waals surface area contributed by atoms with Gasteiger partial charge in [-0.3, -0.25) is 4.79 Å². The lowest BCUT2D eigenvalue weighted by Gasteiger charge is -2.06. The molecule has 0 saturated carbocycles. The van der Waals surface area contributed by atoms with E-state index in [4.69, 9.17) is 0 Å². The molecule has 0 aliphatic heterocycles. The summed E-state index contributed by atoms with van der Waals surface area (Å²) in [5.41, 5.74) is 0.775. The highest BCUT2D eigenvalue weighted by Gasteiger charge is 2.11. The Labute approximate surface area is 120 Å². The quantitative estimate of drug-likeness (QED) is 0.808. The summed E-state index contributed by atoms with van der Waals surface area (Å²) in [4.78, 5) is 15.9. The smallest absolute Gasteiger partial charge is 0.256 e. The molecule has 3 nitrogen and oxygen atoms in total. The first-order chi connectivity index (χ1) is 8.56. The van der Waals surface area contributed by atoms with Crippen LogP contribution in [0.4, 0.5) is 10.1 Å². The van der Waals surface area contributed by atoms with Crippen molar-refractivity contribution in [3.63, 3.8) is 0 Å². The van der Waals surface area contributed by atoms with Crippen molar-refractivity contribution in [1.29, 1.82) is 0 Å². The van der Waals surface area contributed by atoms with E-state index in [9.17, 15) is 9.18 Å². The van der Waals surface area contributed by atoms with Crippen LogP contribution < -0.4 is 5.32 Å². The molecule has 1 aromatic carbocycles. The van der Waals surface area contributed by atoms with E-state index in [0.717, 1.165) is 0 Å². The lowest BCUT2D eigenvalue weighted by Crippen LogP contribution is -2.13. The standard InChI is InChI=1S/C12H7Br2FN2O/c13-10-3-1-7(15)5-9(10)12(18)17-8-2-4-11(14)16-6-8/h1-6H,(H,17,18). The van der Waals surface area contributed by atoms with Crippen LogP contribution in [0.15, 0.2) is 45.6 Å². The molecule has 6 heteroatoms. The van der Waals surface area contributed by atoms with E-state index >= 15 is 0 Å². The van der Waals surface area contributed by atoms with Gasteiger partial charge >= 0.3 is 0 Å². The van der Waals surface area contributed by atoms with Gasteiger partial charge in [-0.15, -0.1) is 0 Å². The van der Waals surface area contributed by atoms with Crippen molar-refractivity contribution in [3.05, 3.63) is 57.0 Å². The largest absolute Gasteiger partial charge is 0.321 e. The van der Waals surface area contributed by atoms with Gasteiger partial charge in [0.15, 0.2) is 0 Å². The molecule has 0 aliphatic rings. The topological polar surface area (TPSA) is 42.0 Å². The Hall–Kier alpha value is -1.27. The fourth-order valence-electron chi connectivity index (χ4n) is 1.32. The van der Waals surface area contributed by atoms with Gasteiger partial charge in [-0.05, 0) is 62.2 Å². The SMILES string of the molecule is O=C(Nc1ccc(Br)nc1)c1cc(F)ccc1Br. The fourth-order valence-corrected chi connectivity index (χ4v) is 1.98. The summed E-state index contributed by atoms with van der Waals surface area (Å²) in [6, 6.07) is 7.34. The Kier molecular flexibility index (Phi) is 4.08. The molecule has 0 radical (unpaired) electrons. The van der Waals surface area contributed by atoms with Crippen molar-refractivity contribution in [2.24, 2.45) is 0 Å². The highest BCUT2D eigenvalue weighted by Crippen LogP contribution is 2.19. The predicted molar refractivity (Wildman–Crippen MR) is 74.0 cm³/mol. The van der Waals surface area contributed by atoms with Crippen LogP contribution in [0.3, 0.4) is 0 Å². The summed E-state index contributed by atoms with van der Waals surface area (Å²) in [5, 5.41) is 2.63. The van der Waals surface area contributed by atoms with Gasteiger partial charge in [0.1, 0.15) is 10.4 Å². The molecule has 0 saturated heterocycles. The second kappa shape index (κ2) is 5.58. The second-order valence-corrected chi connectivity index (χ2v) is 5.11. The zero-order valence-corrected chi connectivity index (χ0v) is 12.1. The maximum absolute atomic E-state index is 13.1. The summed E-state index contributed by atoms with van der Waals surface area (Å²) in [5.74, 6) is -0.859. The number of hydrogen-bond donors (Lipinski definition) is 1. The van der Waals surface area contributed by atoms with Crippen LogP contribution >= 0.6 is 31.9 Å².